The predicted molar refractivity (Wildman–Crippen MR) is 80.7 cm³/mol. The lowest BCUT2D eigenvalue weighted by atomic mass is 9.91. The van der Waals surface area contributed by atoms with Gasteiger partial charge in [0.15, 0.2) is 0 Å². The van der Waals surface area contributed by atoms with E-state index in [0.29, 0.717) is 6.04 Å². The second-order valence-electron chi connectivity index (χ2n) is 7.16. The van der Waals surface area contributed by atoms with E-state index >= 15 is 0 Å². The Morgan fingerprint density at radius 2 is 1.90 bits per heavy atom. The minimum absolute atomic E-state index is 0.00199. The van der Waals surface area contributed by atoms with E-state index < -0.39 is 0 Å². The van der Waals surface area contributed by atoms with Crippen LogP contribution in [-0.4, -0.2) is 58.9 Å². The van der Waals surface area contributed by atoms with Crippen molar-refractivity contribution in [1.29, 1.82) is 0 Å². The number of rotatable bonds is 2. The average molecular weight is 293 g/mol. The van der Waals surface area contributed by atoms with Crippen molar-refractivity contribution in [3.63, 3.8) is 0 Å². The minimum Gasteiger partial charge on any atom is -0.342 e. The normalized spacial score (nSPS) is 37.8. The summed E-state index contributed by atoms with van der Waals surface area (Å²) in [5, 5.41) is 2.89. The minimum atomic E-state index is -0.352. The zero-order valence-corrected chi connectivity index (χ0v) is 13.3. The van der Waals surface area contributed by atoms with E-state index in [4.69, 9.17) is 0 Å². The van der Waals surface area contributed by atoms with Crippen LogP contribution in [0.2, 0.25) is 0 Å². The molecule has 0 aromatic rings. The van der Waals surface area contributed by atoms with Crippen molar-refractivity contribution >= 4 is 11.8 Å². The lowest BCUT2D eigenvalue weighted by Gasteiger charge is -2.47. The maximum atomic E-state index is 12.8. The molecule has 118 valence electrons. The molecule has 4 unspecified atom stereocenters. The van der Waals surface area contributed by atoms with Crippen LogP contribution in [0.3, 0.4) is 0 Å². The summed E-state index contributed by atoms with van der Waals surface area (Å²) in [7, 11) is 0. The summed E-state index contributed by atoms with van der Waals surface area (Å²) in [6.07, 6.45) is 4.56. The van der Waals surface area contributed by atoms with Gasteiger partial charge >= 0.3 is 0 Å². The van der Waals surface area contributed by atoms with Crippen molar-refractivity contribution in [2.75, 3.05) is 13.1 Å². The number of nitrogens with one attached hydrogen (secondary N) is 1. The Morgan fingerprint density at radius 3 is 2.62 bits per heavy atom. The summed E-state index contributed by atoms with van der Waals surface area (Å²) in [6.45, 7) is 8.13. The van der Waals surface area contributed by atoms with E-state index in [1.165, 1.54) is 19.4 Å². The topological polar surface area (TPSA) is 52.7 Å². The molecule has 3 aliphatic heterocycles. The molecule has 0 radical (unpaired) electrons. The fraction of sp³-hybridized carbons (Fsp3) is 0.875. The summed E-state index contributed by atoms with van der Waals surface area (Å²) in [4.78, 5) is 29.5. The molecular formula is C16H27N3O2. The molecule has 5 nitrogen and oxygen atoms in total. The maximum Gasteiger partial charge on any atom is 0.246 e. The molecule has 0 aliphatic carbocycles. The first-order chi connectivity index (χ1) is 9.99. The summed E-state index contributed by atoms with van der Waals surface area (Å²) in [5.41, 5.74) is 0. The molecule has 2 amide bonds. The van der Waals surface area contributed by atoms with E-state index in [-0.39, 0.29) is 35.9 Å². The fourth-order valence-corrected chi connectivity index (χ4v) is 4.22. The van der Waals surface area contributed by atoms with Crippen molar-refractivity contribution in [1.82, 2.24) is 15.1 Å². The van der Waals surface area contributed by atoms with Gasteiger partial charge in [-0.3, -0.25) is 9.59 Å². The fourth-order valence-electron chi connectivity index (χ4n) is 4.22. The number of piperazine rings is 1. The van der Waals surface area contributed by atoms with Gasteiger partial charge < -0.3 is 15.1 Å². The molecule has 3 rings (SSSR count). The molecule has 0 spiro atoms. The number of fused-ring (bicyclic) bond motifs is 1. The number of carbonyl (C=O) groups is 2. The van der Waals surface area contributed by atoms with Gasteiger partial charge in [-0.25, -0.2) is 0 Å². The van der Waals surface area contributed by atoms with Gasteiger partial charge in [0.05, 0.1) is 0 Å². The van der Waals surface area contributed by atoms with Gasteiger partial charge in [-0.15, -0.1) is 0 Å². The highest BCUT2D eigenvalue weighted by Crippen LogP contribution is 2.31. The highest BCUT2D eigenvalue weighted by molar-refractivity contribution is 5.97. The highest BCUT2D eigenvalue weighted by atomic mass is 16.2. The van der Waals surface area contributed by atoms with Crippen molar-refractivity contribution in [2.45, 2.75) is 70.6 Å². The Morgan fingerprint density at radius 1 is 1.14 bits per heavy atom. The number of nitrogens with zero attached hydrogens (tertiary/aromatic N) is 2. The van der Waals surface area contributed by atoms with Crippen molar-refractivity contribution < 1.29 is 9.59 Å². The summed E-state index contributed by atoms with van der Waals surface area (Å²) in [5.74, 6) is 0.263. The predicted octanol–water partition coefficient (Wildman–Crippen LogP) is 0.985. The largest absolute Gasteiger partial charge is 0.342 e. The monoisotopic (exact) mass is 293 g/mol. The third-order valence-corrected chi connectivity index (χ3v) is 5.47. The molecule has 3 aliphatic rings. The van der Waals surface area contributed by atoms with Crippen LogP contribution in [0.15, 0.2) is 0 Å². The SMILES string of the molecule is CC(C)C1NC(=O)C(C)N(C2CCN3CCCC3C2)C1=O. The van der Waals surface area contributed by atoms with Gasteiger partial charge in [-0.05, 0) is 45.1 Å². The third-order valence-electron chi connectivity index (χ3n) is 5.47. The highest BCUT2D eigenvalue weighted by Gasteiger charge is 2.45. The summed E-state index contributed by atoms with van der Waals surface area (Å²) >= 11 is 0. The van der Waals surface area contributed by atoms with Crippen LogP contribution < -0.4 is 5.32 Å². The summed E-state index contributed by atoms with van der Waals surface area (Å²) < 4.78 is 0. The van der Waals surface area contributed by atoms with Gasteiger partial charge in [0.25, 0.3) is 0 Å². The third kappa shape index (κ3) is 2.56. The molecule has 0 saturated carbocycles. The van der Waals surface area contributed by atoms with Crippen LogP contribution in [0.4, 0.5) is 0 Å². The van der Waals surface area contributed by atoms with Crippen LogP contribution in [0, 0.1) is 5.92 Å². The number of amides is 2. The number of hydrogen-bond donors (Lipinski definition) is 1. The van der Waals surface area contributed by atoms with Crippen LogP contribution in [-0.2, 0) is 9.59 Å². The second kappa shape index (κ2) is 5.59. The van der Waals surface area contributed by atoms with Crippen LogP contribution in [0.25, 0.3) is 0 Å². The maximum absolute atomic E-state index is 12.8. The lowest BCUT2D eigenvalue weighted by molar-refractivity contribution is -0.154. The number of hydrogen-bond acceptors (Lipinski definition) is 3. The molecule has 3 fully saturated rings. The Labute approximate surface area is 127 Å². The van der Waals surface area contributed by atoms with Crippen LogP contribution >= 0.6 is 0 Å². The molecule has 3 saturated heterocycles. The Bertz CT molecular complexity index is 437. The first kappa shape index (κ1) is 14.8. The van der Waals surface area contributed by atoms with Gasteiger partial charge in [-0.2, -0.15) is 0 Å². The molecule has 5 heteroatoms. The smallest absolute Gasteiger partial charge is 0.246 e. The lowest BCUT2D eigenvalue weighted by Crippen LogP contribution is -2.67. The van der Waals surface area contributed by atoms with E-state index in [9.17, 15) is 9.59 Å². The van der Waals surface area contributed by atoms with Crippen molar-refractivity contribution in [3.05, 3.63) is 0 Å². The zero-order valence-electron chi connectivity index (χ0n) is 13.3. The number of carbonyl (C=O) groups excluding carboxylic acids is 2. The van der Waals surface area contributed by atoms with Crippen LogP contribution in [0.1, 0.15) is 46.5 Å². The number of piperidine rings is 1. The molecule has 3 heterocycles. The molecule has 4 atom stereocenters. The molecule has 0 bridgehead atoms. The van der Waals surface area contributed by atoms with Gasteiger partial charge in [0, 0.05) is 18.6 Å². The standard InChI is InChI=1S/C16H27N3O2/c1-10(2)14-16(21)19(11(3)15(20)17-14)13-6-8-18-7-4-5-12(18)9-13/h10-14H,4-9H2,1-3H3,(H,17,20). The first-order valence-corrected chi connectivity index (χ1v) is 8.35. The van der Waals surface area contributed by atoms with Gasteiger partial charge in [0.1, 0.15) is 12.1 Å². The van der Waals surface area contributed by atoms with Gasteiger partial charge in [-0.1, -0.05) is 13.8 Å². The Balaban J connectivity index is 1.78. The Hall–Kier alpha value is -1.10. The summed E-state index contributed by atoms with van der Waals surface area (Å²) in [6, 6.07) is 0.172. The first-order valence-electron chi connectivity index (χ1n) is 8.35. The Kier molecular flexibility index (Phi) is 3.95. The van der Waals surface area contributed by atoms with Crippen molar-refractivity contribution in [2.24, 2.45) is 5.92 Å². The quantitative estimate of drug-likeness (QED) is 0.826. The van der Waals surface area contributed by atoms with Crippen LogP contribution in [0.5, 0.6) is 0 Å². The van der Waals surface area contributed by atoms with E-state index in [1.54, 1.807) is 0 Å². The average Bonchev–Trinajstić information content (AvgIpc) is 2.90. The molecular weight excluding hydrogens is 266 g/mol. The molecule has 21 heavy (non-hydrogen) atoms. The zero-order chi connectivity index (χ0) is 15.1. The second-order valence-corrected chi connectivity index (χ2v) is 7.16. The van der Waals surface area contributed by atoms with E-state index in [0.717, 1.165) is 19.4 Å². The van der Waals surface area contributed by atoms with E-state index in [1.807, 2.05) is 25.7 Å². The van der Waals surface area contributed by atoms with Crippen molar-refractivity contribution in [3.8, 4) is 0 Å². The van der Waals surface area contributed by atoms with E-state index in [2.05, 4.69) is 10.2 Å². The molecule has 1 N–H and O–H groups in total. The molecule has 0 aromatic heterocycles. The van der Waals surface area contributed by atoms with Gasteiger partial charge in [0.2, 0.25) is 11.8 Å². The molecule has 0 aromatic carbocycles.